The highest BCUT2D eigenvalue weighted by Gasteiger charge is 2.30. The van der Waals surface area contributed by atoms with Crippen LogP contribution < -0.4 is 31.4 Å². The minimum Gasteiger partial charge on any atom is -0.490 e. The number of hydrazine groups is 1. The Labute approximate surface area is 218 Å². The Morgan fingerprint density at radius 3 is 2.34 bits per heavy atom. The maximum Gasteiger partial charge on any atom is 0.417 e. The highest BCUT2D eigenvalue weighted by Crippen LogP contribution is 2.33. The van der Waals surface area contributed by atoms with Crippen LogP contribution >= 0.6 is 0 Å². The fourth-order valence-corrected chi connectivity index (χ4v) is 3.37. The number of aromatic nitrogens is 1. The van der Waals surface area contributed by atoms with E-state index in [1.807, 2.05) is 20.8 Å². The summed E-state index contributed by atoms with van der Waals surface area (Å²) in [6, 6.07) is 12.7. The third-order valence-electron chi connectivity index (χ3n) is 5.14. The number of nitrogens with one attached hydrogen (secondary N) is 4. The molecular weight excluding hydrogens is 501 g/mol. The number of rotatable bonds is 11. The molecule has 1 heterocycles. The van der Waals surface area contributed by atoms with E-state index in [0.717, 1.165) is 12.1 Å². The number of nitrogens with two attached hydrogens (primary N) is 1. The van der Waals surface area contributed by atoms with E-state index in [2.05, 4.69) is 21.2 Å². The van der Waals surface area contributed by atoms with Crippen LogP contribution in [0.1, 0.15) is 43.5 Å². The van der Waals surface area contributed by atoms with Gasteiger partial charge in [0.25, 0.3) is 5.91 Å². The minimum absolute atomic E-state index is 0.0200. The van der Waals surface area contributed by atoms with Gasteiger partial charge in [-0.2, -0.15) is 13.2 Å². The average Bonchev–Trinajstić information content (AvgIpc) is 2.87. The van der Waals surface area contributed by atoms with Crippen molar-refractivity contribution in [2.45, 2.75) is 39.1 Å². The first kappa shape index (κ1) is 28.1. The number of carbonyl (C=O) groups is 1. The molecule has 9 nitrogen and oxygen atoms in total. The molecule has 3 aromatic rings. The monoisotopic (exact) mass is 530 g/mol. The van der Waals surface area contributed by atoms with Gasteiger partial charge in [0.05, 0.1) is 18.3 Å². The largest absolute Gasteiger partial charge is 0.490 e. The zero-order chi connectivity index (χ0) is 27.9. The summed E-state index contributed by atoms with van der Waals surface area (Å²) in [5.41, 5.74) is 11.2. The van der Waals surface area contributed by atoms with Gasteiger partial charge in [0.15, 0.2) is 11.5 Å². The summed E-state index contributed by atoms with van der Waals surface area (Å²) in [4.78, 5) is 17.0. The van der Waals surface area contributed by atoms with E-state index in [4.69, 9.17) is 20.6 Å². The molecule has 0 fully saturated rings. The van der Waals surface area contributed by atoms with Gasteiger partial charge in [-0.3, -0.25) is 21.1 Å². The second-order valence-electron chi connectivity index (χ2n) is 8.42. The van der Waals surface area contributed by atoms with E-state index in [1.165, 1.54) is 0 Å². The van der Waals surface area contributed by atoms with Crippen LogP contribution in [-0.4, -0.2) is 29.4 Å². The predicted molar refractivity (Wildman–Crippen MR) is 138 cm³/mol. The van der Waals surface area contributed by atoms with Crippen LogP contribution in [0.15, 0.2) is 60.8 Å². The summed E-state index contributed by atoms with van der Waals surface area (Å²) in [5, 5.41) is 10.7. The van der Waals surface area contributed by atoms with Crippen molar-refractivity contribution in [2.75, 3.05) is 17.3 Å². The summed E-state index contributed by atoms with van der Waals surface area (Å²) in [6.07, 6.45) is -3.95. The van der Waals surface area contributed by atoms with Crippen LogP contribution in [0.5, 0.6) is 11.5 Å². The molecule has 3 rings (SSSR count). The molecule has 0 aliphatic rings. The maximum atomic E-state index is 13.3. The third kappa shape index (κ3) is 7.51. The van der Waals surface area contributed by atoms with Gasteiger partial charge in [-0.25, -0.2) is 4.98 Å². The topological polar surface area (TPSA) is 134 Å². The summed E-state index contributed by atoms with van der Waals surface area (Å²) in [5.74, 6) is 0.334. The Bertz CT molecular complexity index is 1250. The second-order valence-corrected chi connectivity index (χ2v) is 8.42. The average molecular weight is 531 g/mol. The lowest BCUT2D eigenvalue weighted by Crippen LogP contribution is -2.37. The molecule has 2 aromatic carbocycles. The van der Waals surface area contributed by atoms with Crippen molar-refractivity contribution in [1.29, 1.82) is 5.41 Å². The van der Waals surface area contributed by atoms with Crippen molar-refractivity contribution >= 4 is 23.2 Å². The number of anilines is 2. The zero-order valence-electron chi connectivity index (χ0n) is 21.0. The summed E-state index contributed by atoms with van der Waals surface area (Å²) in [7, 11) is 0. The Morgan fingerprint density at radius 1 is 1.08 bits per heavy atom. The number of nitrogen functional groups attached to an aromatic ring is 1. The normalized spacial score (nSPS) is 12.0. The maximum absolute atomic E-state index is 13.3. The quantitative estimate of drug-likeness (QED) is 0.136. The molecule has 1 atom stereocenters. The van der Waals surface area contributed by atoms with Crippen LogP contribution in [-0.2, 0) is 11.0 Å². The molecule has 0 radical (unpaired) electrons. The van der Waals surface area contributed by atoms with Crippen molar-refractivity contribution in [1.82, 2.24) is 10.4 Å². The summed E-state index contributed by atoms with van der Waals surface area (Å²) in [6.45, 7) is 5.96. The molecule has 1 aromatic heterocycles. The Kier molecular flexibility index (Phi) is 9.00. The molecule has 202 valence electrons. The van der Waals surface area contributed by atoms with E-state index >= 15 is 0 Å². The van der Waals surface area contributed by atoms with Crippen molar-refractivity contribution in [3.05, 3.63) is 77.5 Å². The van der Waals surface area contributed by atoms with Crippen LogP contribution in [0.25, 0.3) is 0 Å². The number of halogens is 3. The third-order valence-corrected chi connectivity index (χ3v) is 5.14. The Hall–Kier alpha value is -4.48. The highest BCUT2D eigenvalue weighted by atomic mass is 19.4. The van der Waals surface area contributed by atoms with Gasteiger partial charge in [0.2, 0.25) is 0 Å². The van der Waals surface area contributed by atoms with Gasteiger partial charge in [-0.1, -0.05) is 6.07 Å². The molecule has 12 heteroatoms. The number of benzene rings is 2. The number of pyridine rings is 1. The number of nitrogens with zero attached hydrogens (tertiary/aromatic N) is 1. The fourth-order valence-electron chi connectivity index (χ4n) is 3.37. The molecule has 1 unspecified atom stereocenters. The van der Waals surface area contributed by atoms with E-state index in [0.29, 0.717) is 41.1 Å². The predicted octanol–water partition coefficient (Wildman–Crippen LogP) is 4.87. The fraction of sp³-hybridized carbons (Fsp3) is 0.269. The number of amides is 1. The smallest absolute Gasteiger partial charge is 0.417 e. The Balaban J connectivity index is 1.88. The lowest BCUT2D eigenvalue weighted by Gasteiger charge is -2.22. The van der Waals surface area contributed by atoms with Gasteiger partial charge < -0.3 is 20.5 Å². The van der Waals surface area contributed by atoms with Gasteiger partial charge in [-0.15, -0.1) is 0 Å². The second kappa shape index (κ2) is 12.2. The Morgan fingerprint density at radius 2 is 1.79 bits per heavy atom. The van der Waals surface area contributed by atoms with Gasteiger partial charge in [0.1, 0.15) is 17.7 Å². The molecule has 0 saturated carbocycles. The molecule has 0 spiro atoms. The van der Waals surface area contributed by atoms with E-state index in [9.17, 15) is 18.0 Å². The van der Waals surface area contributed by atoms with E-state index in [1.54, 1.807) is 42.5 Å². The van der Waals surface area contributed by atoms with Crippen LogP contribution in [0.4, 0.5) is 24.7 Å². The van der Waals surface area contributed by atoms with Crippen molar-refractivity contribution in [3.8, 4) is 11.5 Å². The number of hydrogen-bond acceptors (Lipinski definition) is 7. The first-order valence-corrected chi connectivity index (χ1v) is 11.7. The van der Waals surface area contributed by atoms with Crippen molar-refractivity contribution in [2.24, 2.45) is 5.73 Å². The van der Waals surface area contributed by atoms with Crippen molar-refractivity contribution in [3.63, 3.8) is 0 Å². The van der Waals surface area contributed by atoms with Crippen LogP contribution in [0.3, 0.4) is 0 Å². The molecule has 1 amide bonds. The van der Waals surface area contributed by atoms with E-state index in [-0.39, 0.29) is 17.8 Å². The molecule has 0 aliphatic carbocycles. The van der Waals surface area contributed by atoms with Gasteiger partial charge in [-0.05, 0) is 74.9 Å². The van der Waals surface area contributed by atoms with E-state index < -0.39 is 23.7 Å². The van der Waals surface area contributed by atoms with Gasteiger partial charge >= 0.3 is 6.18 Å². The molecule has 0 bridgehead atoms. The minimum atomic E-state index is -4.52. The van der Waals surface area contributed by atoms with Crippen molar-refractivity contribution < 1.29 is 27.4 Å². The lowest BCUT2D eigenvalue weighted by atomic mass is 10.0. The molecule has 0 saturated heterocycles. The summed E-state index contributed by atoms with van der Waals surface area (Å²) >= 11 is 0. The highest BCUT2D eigenvalue weighted by molar-refractivity contribution is 5.95. The molecular formula is C26H29F3N6O3. The standard InChI is InChI=1S/C26H29F3N6O3/c1-4-37-21-13-17(7-11-20(21)38-15(2)3)23(33-19-9-5-16(6-10-19)24(30)31)25(36)35-34-22-12-8-18(14-32-22)26(27,28)29/h5-15,23,33H,4H2,1-3H3,(H3,30,31)(H,32,34)(H,35,36). The number of amidine groups is 1. The number of hydrogen-bond donors (Lipinski definition) is 5. The SMILES string of the molecule is CCOc1cc(C(Nc2ccc(C(=N)N)cc2)C(=O)NNc2ccc(C(F)(F)F)cn2)ccc1OC(C)C. The molecule has 6 N–H and O–H groups in total. The van der Waals surface area contributed by atoms with Gasteiger partial charge in [0, 0.05) is 17.4 Å². The number of ether oxygens (including phenoxy) is 2. The number of alkyl halides is 3. The molecule has 0 aliphatic heterocycles. The summed E-state index contributed by atoms with van der Waals surface area (Å²) < 4.78 is 50.0. The zero-order valence-corrected chi connectivity index (χ0v) is 21.0. The first-order chi connectivity index (χ1) is 18.0. The first-order valence-electron chi connectivity index (χ1n) is 11.7. The van der Waals surface area contributed by atoms with Crippen LogP contribution in [0, 0.1) is 5.41 Å². The van der Waals surface area contributed by atoms with Crippen LogP contribution in [0.2, 0.25) is 0 Å². The molecule has 38 heavy (non-hydrogen) atoms. The number of carbonyl (C=O) groups excluding carboxylic acids is 1. The lowest BCUT2D eigenvalue weighted by molar-refractivity contribution is -0.137.